The molecule has 1 aromatic heterocycles. The van der Waals surface area contributed by atoms with Gasteiger partial charge in [-0.3, -0.25) is 14.8 Å². The van der Waals surface area contributed by atoms with Crippen LogP contribution in [0.3, 0.4) is 0 Å². The number of hydrogen-bond donors (Lipinski definition) is 1. The Hall–Kier alpha value is -1.67. The van der Waals surface area contributed by atoms with Gasteiger partial charge in [0.05, 0.1) is 23.7 Å². The smallest absolute Gasteiger partial charge is 0.353 e. The van der Waals surface area contributed by atoms with Gasteiger partial charge in [0.15, 0.2) is 0 Å². The van der Waals surface area contributed by atoms with Crippen LogP contribution in [-0.2, 0) is 11.2 Å². The Morgan fingerprint density at radius 1 is 1.39 bits per heavy atom. The number of aliphatic hydroxyl groups is 1. The van der Waals surface area contributed by atoms with Crippen molar-refractivity contribution < 1.29 is 19.5 Å². The third-order valence-corrected chi connectivity index (χ3v) is 4.33. The molecule has 1 aromatic rings. The lowest BCUT2D eigenvalue weighted by Crippen LogP contribution is -2.24. The van der Waals surface area contributed by atoms with Crippen LogP contribution in [0.2, 0.25) is 0 Å². The van der Waals surface area contributed by atoms with Crippen molar-refractivity contribution in [2.24, 2.45) is 0 Å². The molecular formula is C15H25N3O5. The molecule has 1 fully saturated rings. The quantitative estimate of drug-likeness (QED) is 0.446. The summed E-state index contributed by atoms with van der Waals surface area (Å²) in [5.41, 5.74) is 0.564. The van der Waals surface area contributed by atoms with Gasteiger partial charge in [-0.05, 0) is 32.1 Å². The monoisotopic (exact) mass is 327 g/mol. The van der Waals surface area contributed by atoms with E-state index in [0.717, 1.165) is 25.7 Å². The number of aliphatic hydroxyl groups excluding tert-OH is 1. The SMILES string of the molecule is CCc1c([N+](=O)[O-])c(OCCCO)nn1[C@H]1CC[C@H](OC)CC1. The van der Waals surface area contributed by atoms with Gasteiger partial charge in [0, 0.05) is 20.1 Å². The first-order valence-corrected chi connectivity index (χ1v) is 8.14. The number of nitro groups is 1. The lowest BCUT2D eigenvalue weighted by molar-refractivity contribution is -0.386. The van der Waals surface area contributed by atoms with E-state index in [0.29, 0.717) is 18.5 Å². The molecule has 0 aromatic carbocycles. The summed E-state index contributed by atoms with van der Waals surface area (Å²) in [6.45, 7) is 2.09. The van der Waals surface area contributed by atoms with Crippen LogP contribution in [0.1, 0.15) is 50.8 Å². The second kappa shape index (κ2) is 8.26. The van der Waals surface area contributed by atoms with Crippen LogP contribution in [0.25, 0.3) is 0 Å². The van der Waals surface area contributed by atoms with E-state index in [4.69, 9.17) is 14.6 Å². The summed E-state index contributed by atoms with van der Waals surface area (Å²) in [5, 5.41) is 24.6. The zero-order valence-corrected chi connectivity index (χ0v) is 13.7. The van der Waals surface area contributed by atoms with Crippen molar-refractivity contribution in [1.29, 1.82) is 0 Å². The molecule has 0 radical (unpaired) electrons. The molecule has 0 unspecified atom stereocenters. The summed E-state index contributed by atoms with van der Waals surface area (Å²) in [7, 11) is 1.72. The normalized spacial score (nSPS) is 21.3. The van der Waals surface area contributed by atoms with Crippen LogP contribution in [0.15, 0.2) is 0 Å². The molecule has 0 atom stereocenters. The van der Waals surface area contributed by atoms with Gasteiger partial charge in [-0.2, -0.15) is 0 Å². The zero-order valence-electron chi connectivity index (χ0n) is 13.7. The van der Waals surface area contributed by atoms with E-state index in [2.05, 4.69) is 5.10 Å². The second-order valence-corrected chi connectivity index (χ2v) is 5.75. The van der Waals surface area contributed by atoms with Crippen LogP contribution in [0, 0.1) is 10.1 Å². The van der Waals surface area contributed by atoms with E-state index in [1.807, 2.05) is 6.92 Å². The van der Waals surface area contributed by atoms with Crippen LogP contribution in [0.5, 0.6) is 5.88 Å². The van der Waals surface area contributed by atoms with E-state index in [1.165, 1.54) is 0 Å². The van der Waals surface area contributed by atoms with Gasteiger partial charge in [-0.1, -0.05) is 6.92 Å². The molecule has 0 spiro atoms. The van der Waals surface area contributed by atoms with Crippen LogP contribution < -0.4 is 4.74 Å². The molecule has 1 aliphatic rings. The van der Waals surface area contributed by atoms with Crippen molar-refractivity contribution in [3.63, 3.8) is 0 Å². The van der Waals surface area contributed by atoms with E-state index in [1.54, 1.807) is 11.8 Å². The van der Waals surface area contributed by atoms with Gasteiger partial charge >= 0.3 is 11.6 Å². The molecule has 2 rings (SSSR count). The minimum absolute atomic E-state index is 0.0177. The van der Waals surface area contributed by atoms with E-state index in [9.17, 15) is 10.1 Å². The minimum Gasteiger partial charge on any atom is -0.472 e. The van der Waals surface area contributed by atoms with Crippen molar-refractivity contribution in [3.8, 4) is 5.88 Å². The van der Waals surface area contributed by atoms with E-state index >= 15 is 0 Å². The lowest BCUT2D eigenvalue weighted by atomic mass is 9.93. The molecule has 1 aliphatic carbocycles. The van der Waals surface area contributed by atoms with E-state index in [-0.39, 0.29) is 36.9 Å². The van der Waals surface area contributed by atoms with Crippen molar-refractivity contribution in [2.75, 3.05) is 20.3 Å². The highest BCUT2D eigenvalue weighted by Gasteiger charge is 2.32. The Bertz CT molecular complexity index is 523. The summed E-state index contributed by atoms with van der Waals surface area (Å²) in [4.78, 5) is 11.0. The molecule has 0 aliphatic heterocycles. The van der Waals surface area contributed by atoms with Gasteiger partial charge < -0.3 is 14.6 Å². The summed E-state index contributed by atoms with van der Waals surface area (Å²) in [6, 6.07) is 0.144. The summed E-state index contributed by atoms with van der Waals surface area (Å²) in [6.07, 6.45) is 4.85. The van der Waals surface area contributed by atoms with Crippen LogP contribution in [-0.4, -0.2) is 46.2 Å². The van der Waals surface area contributed by atoms with Gasteiger partial charge in [0.25, 0.3) is 0 Å². The molecule has 0 bridgehead atoms. The maximum absolute atomic E-state index is 11.4. The number of methoxy groups -OCH3 is 1. The molecular weight excluding hydrogens is 302 g/mol. The standard InChI is InChI=1S/C15H25N3O5/c1-3-13-14(18(20)21)15(23-10-4-9-19)16-17(13)11-5-7-12(22-2)8-6-11/h11-12,19H,3-10H2,1-2H3/t11-,12-. The Balaban J connectivity index is 2.24. The number of ether oxygens (including phenoxy) is 2. The lowest BCUT2D eigenvalue weighted by Gasteiger charge is -2.28. The van der Waals surface area contributed by atoms with Gasteiger partial charge in [0.2, 0.25) is 0 Å². The van der Waals surface area contributed by atoms with Gasteiger partial charge in [-0.25, -0.2) is 0 Å². The highest BCUT2D eigenvalue weighted by Crippen LogP contribution is 2.37. The predicted octanol–water partition coefficient (Wildman–Crippen LogP) is 2.25. The Morgan fingerprint density at radius 2 is 2.09 bits per heavy atom. The maximum Gasteiger partial charge on any atom is 0.353 e. The van der Waals surface area contributed by atoms with Crippen molar-refractivity contribution in [1.82, 2.24) is 9.78 Å². The summed E-state index contributed by atoms with van der Waals surface area (Å²) < 4.78 is 12.6. The molecule has 1 N–H and O–H groups in total. The zero-order chi connectivity index (χ0) is 16.8. The first-order valence-electron chi connectivity index (χ1n) is 8.14. The van der Waals surface area contributed by atoms with Gasteiger partial charge in [0.1, 0.15) is 5.69 Å². The number of nitrogens with zero attached hydrogens (tertiary/aromatic N) is 3. The highest BCUT2D eigenvalue weighted by atomic mass is 16.6. The first-order chi connectivity index (χ1) is 11.1. The fourth-order valence-electron chi connectivity index (χ4n) is 3.11. The van der Waals surface area contributed by atoms with Crippen molar-refractivity contribution >= 4 is 5.69 Å². The molecule has 23 heavy (non-hydrogen) atoms. The molecule has 0 saturated heterocycles. The third-order valence-electron chi connectivity index (χ3n) is 4.33. The summed E-state index contributed by atoms with van der Waals surface area (Å²) >= 11 is 0. The predicted molar refractivity (Wildman–Crippen MR) is 83.8 cm³/mol. The largest absolute Gasteiger partial charge is 0.472 e. The number of rotatable bonds is 8. The molecule has 0 amide bonds. The van der Waals surface area contributed by atoms with Crippen LogP contribution >= 0.6 is 0 Å². The molecule has 8 nitrogen and oxygen atoms in total. The first kappa shape index (κ1) is 17.7. The molecule has 130 valence electrons. The Morgan fingerprint density at radius 3 is 2.61 bits per heavy atom. The van der Waals surface area contributed by atoms with Crippen molar-refractivity contribution in [3.05, 3.63) is 15.8 Å². The third kappa shape index (κ3) is 4.00. The topological polar surface area (TPSA) is 99.7 Å². The average Bonchev–Trinajstić information content (AvgIpc) is 2.94. The van der Waals surface area contributed by atoms with Gasteiger partial charge in [-0.15, -0.1) is 5.10 Å². The Kier molecular flexibility index (Phi) is 6.35. The molecule has 1 heterocycles. The maximum atomic E-state index is 11.4. The number of aromatic nitrogens is 2. The van der Waals surface area contributed by atoms with Crippen LogP contribution in [0.4, 0.5) is 5.69 Å². The minimum atomic E-state index is -0.419. The Labute approximate surface area is 135 Å². The fourth-order valence-corrected chi connectivity index (χ4v) is 3.11. The molecule has 8 heteroatoms. The highest BCUT2D eigenvalue weighted by molar-refractivity contribution is 5.46. The average molecular weight is 327 g/mol. The second-order valence-electron chi connectivity index (χ2n) is 5.75. The van der Waals surface area contributed by atoms with E-state index < -0.39 is 4.92 Å². The fraction of sp³-hybridized carbons (Fsp3) is 0.800. The molecule has 1 saturated carbocycles. The number of hydrogen-bond acceptors (Lipinski definition) is 6. The van der Waals surface area contributed by atoms with Crippen molar-refractivity contribution in [2.45, 2.75) is 57.6 Å². The summed E-state index contributed by atoms with van der Waals surface area (Å²) in [5.74, 6) is 0.0640.